The third kappa shape index (κ3) is 5.96. The minimum Gasteiger partial charge on any atom is -0.497 e. The van der Waals surface area contributed by atoms with Crippen LogP contribution in [0.2, 0.25) is 0 Å². The topological polar surface area (TPSA) is 124 Å². The Morgan fingerprint density at radius 1 is 1.06 bits per heavy atom. The number of benzene rings is 2. The van der Waals surface area contributed by atoms with Crippen molar-refractivity contribution in [1.29, 1.82) is 0 Å². The first kappa shape index (κ1) is 24.2. The molecule has 35 heavy (non-hydrogen) atoms. The smallest absolute Gasteiger partial charge is 0.317 e. The maximum absolute atomic E-state index is 10.2. The summed E-state index contributed by atoms with van der Waals surface area (Å²) in [5, 5.41) is 12.1. The molecule has 182 valence electrons. The molecule has 0 saturated heterocycles. The van der Waals surface area contributed by atoms with Gasteiger partial charge in [-0.1, -0.05) is 61.7 Å². The number of hydrogen-bond acceptors (Lipinski definition) is 7. The summed E-state index contributed by atoms with van der Waals surface area (Å²) in [5.74, 6) is 1.16. The number of furan rings is 1. The predicted molar refractivity (Wildman–Crippen MR) is 136 cm³/mol. The van der Waals surface area contributed by atoms with Crippen LogP contribution in [-0.2, 0) is 4.79 Å². The minimum atomic E-state index is -0.754. The summed E-state index contributed by atoms with van der Waals surface area (Å²) in [4.78, 5) is 18.5. The second-order valence-electron chi connectivity index (χ2n) is 8.45. The molecular formula is C27H30N4O4. The summed E-state index contributed by atoms with van der Waals surface area (Å²) >= 11 is 0. The summed E-state index contributed by atoms with van der Waals surface area (Å²) in [6, 6.07) is 18.1. The van der Waals surface area contributed by atoms with E-state index in [2.05, 4.69) is 15.3 Å². The number of aliphatic carboxylic acids is 1. The number of nitrogens with one attached hydrogen (secondary N) is 1. The van der Waals surface area contributed by atoms with Crippen LogP contribution in [0.1, 0.15) is 32.1 Å². The molecular weight excluding hydrogens is 444 g/mol. The van der Waals surface area contributed by atoms with Crippen LogP contribution in [0.5, 0.6) is 5.75 Å². The monoisotopic (exact) mass is 474 g/mol. The highest BCUT2D eigenvalue weighted by Gasteiger charge is 2.21. The SMILES string of the molecule is COc1ccc(-c2c(-c3ccccc3)oc3ncnc(N)c23)cc1.O=C(O)CNC1CCCCC1. The fourth-order valence-electron chi connectivity index (χ4n) is 4.32. The number of carboxylic acids is 1. The van der Waals surface area contributed by atoms with Crippen molar-refractivity contribution in [2.24, 2.45) is 0 Å². The van der Waals surface area contributed by atoms with Crippen LogP contribution in [0.3, 0.4) is 0 Å². The van der Waals surface area contributed by atoms with Crippen molar-refractivity contribution in [3.8, 4) is 28.2 Å². The molecule has 0 bridgehead atoms. The first-order chi connectivity index (χ1) is 17.1. The maximum atomic E-state index is 10.2. The fourth-order valence-corrected chi connectivity index (χ4v) is 4.32. The third-order valence-corrected chi connectivity index (χ3v) is 6.08. The van der Waals surface area contributed by atoms with Gasteiger partial charge in [-0.05, 0) is 30.5 Å². The van der Waals surface area contributed by atoms with Crippen LogP contribution in [0.25, 0.3) is 33.6 Å². The van der Waals surface area contributed by atoms with Gasteiger partial charge in [-0.3, -0.25) is 4.79 Å². The molecule has 4 N–H and O–H groups in total. The van der Waals surface area contributed by atoms with Crippen molar-refractivity contribution in [3.63, 3.8) is 0 Å². The summed E-state index contributed by atoms with van der Waals surface area (Å²) in [6.45, 7) is 0.116. The highest BCUT2D eigenvalue weighted by Crippen LogP contribution is 2.42. The van der Waals surface area contributed by atoms with Crippen molar-refractivity contribution in [2.75, 3.05) is 19.4 Å². The van der Waals surface area contributed by atoms with E-state index in [-0.39, 0.29) is 6.54 Å². The summed E-state index contributed by atoms with van der Waals surface area (Å²) < 4.78 is 11.3. The maximum Gasteiger partial charge on any atom is 0.317 e. The molecule has 0 radical (unpaired) electrons. The highest BCUT2D eigenvalue weighted by molar-refractivity contribution is 6.05. The van der Waals surface area contributed by atoms with Gasteiger partial charge in [0.2, 0.25) is 5.71 Å². The molecule has 5 rings (SSSR count). The van der Waals surface area contributed by atoms with Crippen molar-refractivity contribution in [2.45, 2.75) is 38.1 Å². The zero-order chi connectivity index (χ0) is 24.6. The molecule has 1 fully saturated rings. The van der Waals surface area contributed by atoms with Crippen molar-refractivity contribution >= 4 is 22.9 Å². The number of ether oxygens (including phenoxy) is 1. The van der Waals surface area contributed by atoms with Crippen LogP contribution in [-0.4, -0.2) is 40.7 Å². The van der Waals surface area contributed by atoms with Crippen LogP contribution in [0, 0.1) is 0 Å². The van der Waals surface area contributed by atoms with Gasteiger partial charge in [-0.2, -0.15) is 0 Å². The Balaban J connectivity index is 0.000000221. The molecule has 0 unspecified atom stereocenters. The van der Waals surface area contributed by atoms with Crippen molar-refractivity contribution in [1.82, 2.24) is 15.3 Å². The zero-order valence-electron chi connectivity index (χ0n) is 19.7. The number of methoxy groups -OCH3 is 1. The molecule has 2 heterocycles. The van der Waals surface area contributed by atoms with E-state index in [4.69, 9.17) is 20.0 Å². The number of carbonyl (C=O) groups is 1. The number of hydrogen-bond donors (Lipinski definition) is 3. The van der Waals surface area contributed by atoms with Gasteiger partial charge < -0.3 is 25.3 Å². The number of fused-ring (bicyclic) bond motifs is 1. The molecule has 0 spiro atoms. The first-order valence-electron chi connectivity index (χ1n) is 11.7. The predicted octanol–water partition coefficient (Wildman–Crippen LogP) is 5.14. The average Bonchev–Trinajstić information content (AvgIpc) is 3.30. The molecule has 0 amide bonds. The van der Waals surface area contributed by atoms with E-state index in [1.165, 1.54) is 25.6 Å². The lowest BCUT2D eigenvalue weighted by Crippen LogP contribution is -2.34. The van der Waals surface area contributed by atoms with Crippen molar-refractivity contribution < 1.29 is 19.1 Å². The molecule has 1 saturated carbocycles. The van der Waals surface area contributed by atoms with Crippen molar-refractivity contribution in [3.05, 3.63) is 60.9 Å². The second-order valence-corrected chi connectivity index (χ2v) is 8.45. The molecule has 0 aliphatic heterocycles. The molecule has 1 aliphatic carbocycles. The lowest BCUT2D eigenvalue weighted by atomic mass is 9.96. The molecule has 2 aromatic heterocycles. The standard InChI is InChI=1S/C19H15N3O2.C8H15NO2/c1-23-14-9-7-12(8-10-14)15-16-18(20)21-11-22-19(16)24-17(15)13-5-3-2-4-6-13;10-8(11)6-9-7-4-2-1-3-5-7/h2-11H,1H3,(H2,20,21,22);7,9H,1-6H2,(H,10,11). The number of anilines is 1. The Labute approximate surface area is 204 Å². The van der Waals surface area contributed by atoms with Gasteiger partial charge in [0.25, 0.3) is 0 Å². The van der Waals surface area contributed by atoms with Gasteiger partial charge >= 0.3 is 5.97 Å². The lowest BCUT2D eigenvalue weighted by Gasteiger charge is -2.21. The van der Waals surface area contributed by atoms with Gasteiger partial charge in [0.15, 0.2) is 0 Å². The van der Waals surface area contributed by atoms with E-state index in [0.717, 1.165) is 46.4 Å². The molecule has 1 aliphatic rings. The Kier molecular flexibility index (Phi) is 7.95. The van der Waals surface area contributed by atoms with Gasteiger partial charge in [0, 0.05) is 17.2 Å². The van der Waals surface area contributed by atoms with E-state index < -0.39 is 5.97 Å². The quantitative estimate of drug-likeness (QED) is 0.351. The minimum absolute atomic E-state index is 0.116. The van der Waals surface area contributed by atoms with Crippen LogP contribution in [0.15, 0.2) is 65.3 Å². The number of carboxylic acid groups (broad SMARTS) is 1. The molecule has 2 aromatic carbocycles. The summed E-state index contributed by atoms with van der Waals surface area (Å²) in [7, 11) is 1.64. The van der Waals surface area contributed by atoms with Gasteiger partial charge in [0.1, 0.15) is 23.7 Å². The molecule has 8 heteroatoms. The second kappa shape index (κ2) is 11.5. The zero-order valence-corrected chi connectivity index (χ0v) is 19.7. The molecule has 4 aromatic rings. The van der Waals surface area contributed by atoms with Crippen LogP contribution >= 0.6 is 0 Å². The normalized spacial score (nSPS) is 13.7. The van der Waals surface area contributed by atoms with E-state index in [1.807, 2.05) is 54.6 Å². The van der Waals surface area contributed by atoms with Gasteiger partial charge in [0.05, 0.1) is 19.0 Å². The van der Waals surface area contributed by atoms with Gasteiger partial charge in [-0.25, -0.2) is 9.97 Å². The Morgan fingerprint density at radius 2 is 1.77 bits per heavy atom. The van der Waals surface area contributed by atoms with E-state index in [0.29, 0.717) is 17.6 Å². The van der Waals surface area contributed by atoms with E-state index >= 15 is 0 Å². The number of nitrogens with two attached hydrogens (primary N) is 1. The summed E-state index contributed by atoms with van der Waals surface area (Å²) in [6.07, 6.45) is 7.51. The van der Waals surface area contributed by atoms with Crippen LogP contribution in [0.4, 0.5) is 5.82 Å². The lowest BCUT2D eigenvalue weighted by molar-refractivity contribution is -0.136. The Morgan fingerprint density at radius 3 is 2.43 bits per heavy atom. The van der Waals surface area contributed by atoms with Gasteiger partial charge in [-0.15, -0.1) is 0 Å². The van der Waals surface area contributed by atoms with E-state index in [1.54, 1.807) is 7.11 Å². The highest BCUT2D eigenvalue weighted by atomic mass is 16.5. The molecule has 0 atom stereocenters. The number of nitrogens with zero attached hydrogens (tertiary/aromatic N) is 2. The molecule has 8 nitrogen and oxygen atoms in total. The Hall–Kier alpha value is -3.91. The largest absolute Gasteiger partial charge is 0.497 e. The Bertz CT molecular complexity index is 1250. The van der Waals surface area contributed by atoms with E-state index in [9.17, 15) is 4.79 Å². The number of nitrogen functional groups attached to an aromatic ring is 1. The fraction of sp³-hybridized carbons (Fsp3) is 0.296. The first-order valence-corrected chi connectivity index (χ1v) is 11.7. The van der Waals surface area contributed by atoms with Crippen LogP contribution < -0.4 is 15.8 Å². The summed E-state index contributed by atoms with van der Waals surface area (Å²) in [5.41, 5.74) is 9.40. The third-order valence-electron chi connectivity index (χ3n) is 6.08. The number of rotatable bonds is 6. The average molecular weight is 475 g/mol. The number of aromatic nitrogens is 2.